The first kappa shape index (κ1) is 13.3. The van der Waals surface area contributed by atoms with Crippen molar-refractivity contribution in [3.05, 3.63) is 35.3 Å². The molecule has 2 aromatic rings. The number of nitrogens with two attached hydrogens (primary N) is 1. The van der Waals surface area contributed by atoms with Crippen LogP contribution < -0.4 is 10.5 Å². The normalized spacial score (nSPS) is 11.5. The van der Waals surface area contributed by atoms with Gasteiger partial charge >= 0.3 is 0 Å². The summed E-state index contributed by atoms with van der Waals surface area (Å²) in [6.45, 7) is 3.07. The number of H-pyrrole nitrogens is 1. The summed E-state index contributed by atoms with van der Waals surface area (Å²) in [4.78, 5) is -0.195. The van der Waals surface area contributed by atoms with Crippen LogP contribution in [0.5, 0.6) is 0 Å². The number of nitrogens with zero attached hydrogens (tertiary/aromatic N) is 1. The summed E-state index contributed by atoms with van der Waals surface area (Å²) in [5.41, 5.74) is 6.17. The molecule has 0 aliphatic rings. The number of aryl methyl sites for hydroxylation is 1. The number of aromatic amines is 1. The summed E-state index contributed by atoms with van der Waals surface area (Å²) in [6, 6.07) is 2.29. The molecule has 102 valence electrons. The molecule has 0 atom stereocenters. The third-order valence-corrected chi connectivity index (χ3v) is 4.15. The molecule has 0 radical (unpaired) electrons. The fraction of sp³-hybridized carbons (Fsp3) is 0.182. The van der Waals surface area contributed by atoms with E-state index in [0.717, 1.165) is 6.07 Å². The van der Waals surface area contributed by atoms with Gasteiger partial charge in [-0.05, 0) is 26.0 Å². The Morgan fingerprint density at radius 3 is 2.63 bits per heavy atom. The second kappa shape index (κ2) is 4.54. The summed E-state index contributed by atoms with van der Waals surface area (Å²) < 4.78 is 40.2. The zero-order chi connectivity index (χ0) is 14.2. The van der Waals surface area contributed by atoms with Crippen molar-refractivity contribution in [1.82, 2.24) is 10.2 Å². The van der Waals surface area contributed by atoms with Gasteiger partial charge in [-0.15, -0.1) is 0 Å². The van der Waals surface area contributed by atoms with E-state index in [4.69, 9.17) is 5.73 Å². The van der Waals surface area contributed by atoms with Gasteiger partial charge in [0, 0.05) is 16.8 Å². The molecule has 6 nitrogen and oxygen atoms in total. The highest BCUT2D eigenvalue weighted by molar-refractivity contribution is 7.92. The highest BCUT2D eigenvalue weighted by Crippen LogP contribution is 2.24. The molecule has 1 aromatic carbocycles. The number of aromatic nitrogens is 2. The Morgan fingerprint density at radius 1 is 1.37 bits per heavy atom. The van der Waals surface area contributed by atoms with E-state index in [2.05, 4.69) is 14.9 Å². The van der Waals surface area contributed by atoms with Crippen LogP contribution in [0.3, 0.4) is 0 Å². The van der Waals surface area contributed by atoms with Gasteiger partial charge in [-0.1, -0.05) is 0 Å². The molecule has 0 unspecified atom stereocenters. The fourth-order valence-electron chi connectivity index (χ4n) is 1.59. The van der Waals surface area contributed by atoms with Crippen LogP contribution in [0.4, 0.5) is 15.9 Å². The van der Waals surface area contributed by atoms with Crippen molar-refractivity contribution in [2.45, 2.75) is 18.7 Å². The van der Waals surface area contributed by atoms with Gasteiger partial charge in [0.05, 0.1) is 11.1 Å². The Kier molecular flexibility index (Phi) is 3.19. The van der Waals surface area contributed by atoms with E-state index in [0.29, 0.717) is 5.56 Å². The van der Waals surface area contributed by atoms with Crippen molar-refractivity contribution in [2.75, 3.05) is 10.5 Å². The SMILES string of the molecule is Cc1cn[nH]c1NS(=O)(=O)c1cc(N)cc(F)c1C. The van der Waals surface area contributed by atoms with E-state index in [-0.39, 0.29) is 22.0 Å². The predicted molar refractivity (Wildman–Crippen MR) is 69.7 cm³/mol. The van der Waals surface area contributed by atoms with E-state index < -0.39 is 15.8 Å². The maximum absolute atomic E-state index is 13.5. The number of hydrogen-bond donors (Lipinski definition) is 3. The molecular formula is C11H13FN4O2S. The molecule has 4 N–H and O–H groups in total. The lowest BCUT2D eigenvalue weighted by Gasteiger charge is -2.11. The van der Waals surface area contributed by atoms with E-state index in [1.807, 2.05) is 0 Å². The fourth-order valence-corrected chi connectivity index (χ4v) is 2.97. The van der Waals surface area contributed by atoms with Gasteiger partial charge in [0.15, 0.2) is 0 Å². The lowest BCUT2D eigenvalue weighted by molar-refractivity contribution is 0.591. The molecule has 19 heavy (non-hydrogen) atoms. The number of nitrogens with one attached hydrogen (secondary N) is 2. The molecule has 1 heterocycles. The summed E-state index contributed by atoms with van der Waals surface area (Å²) in [5.74, 6) is -0.427. The Bertz CT molecular complexity index is 724. The summed E-state index contributed by atoms with van der Waals surface area (Å²) in [7, 11) is -3.92. The van der Waals surface area contributed by atoms with E-state index in [1.165, 1.54) is 19.2 Å². The summed E-state index contributed by atoms with van der Waals surface area (Å²) in [5, 5.41) is 6.22. The van der Waals surface area contributed by atoms with Crippen LogP contribution >= 0.6 is 0 Å². The van der Waals surface area contributed by atoms with Gasteiger partial charge in [0.2, 0.25) is 0 Å². The van der Waals surface area contributed by atoms with Crippen molar-refractivity contribution in [3.8, 4) is 0 Å². The van der Waals surface area contributed by atoms with Crippen molar-refractivity contribution in [1.29, 1.82) is 0 Å². The standard InChI is InChI=1S/C11H13FN4O2S/c1-6-5-14-15-11(6)16-19(17,18)10-4-8(13)3-9(12)7(10)2/h3-5H,13H2,1-2H3,(H2,14,15,16). The number of sulfonamides is 1. The van der Waals surface area contributed by atoms with Crippen molar-refractivity contribution < 1.29 is 12.8 Å². The maximum Gasteiger partial charge on any atom is 0.263 e. The molecule has 2 rings (SSSR count). The van der Waals surface area contributed by atoms with Gasteiger partial charge in [-0.2, -0.15) is 5.10 Å². The third kappa shape index (κ3) is 2.53. The third-order valence-electron chi connectivity index (χ3n) is 2.67. The smallest absolute Gasteiger partial charge is 0.263 e. The van der Waals surface area contributed by atoms with Crippen LogP contribution in [-0.4, -0.2) is 18.6 Å². The van der Waals surface area contributed by atoms with E-state index in [9.17, 15) is 12.8 Å². The van der Waals surface area contributed by atoms with Crippen LogP contribution in [0.2, 0.25) is 0 Å². The van der Waals surface area contributed by atoms with Gasteiger partial charge in [0.25, 0.3) is 10.0 Å². The number of halogens is 1. The van der Waals surface area contributed by atoms with Crippen LogP contribution in [-0.2, 0) is 10.0 Å². The second-order valence-corrected chi connectivity index (χ2v) is 5.81. The lowest BCUT2D eigenvalue weighted by Crippen LogP contribution is -2.16. The average molecular weight is 284 g/mol. The number of rotatable bonds is 3. The minimum Gasteiger partial charge on any atom is -0.399 e. The first-order valence-electron chi connectivity index (χ1n) is 5.39. The number of anilines is 2. The van der Waals surface area contributed by atoms with Crippen LogP contribution in [0, 0.1) is 19.7 Å². The Hall–Kier alpha value is -2.09. The molecule has 1 aromatic heterocycles. The van der Waals surface area contributed by atoms with Gasteiger partial charge in [-0.3, -0.25) is 9.82 Å². The average Bonchev–Trinajstić information content (AvgIpc) is 2.69. The molecule has 0 spiro atoms. The molecule has 0 aliphatic heterocycles. The van der Waals surface area contributed by atoms with E-state index in [1.54, 1.807) is 6.92 Å². The largest absolute Gasteiger partial charge is 0.399 e. The Balaban J connectivity index is 2.49. The Morgan fingerprint density at radius 2 is 2.05 bits per heavy atom. The van der Waals surface area contributed by atoms with Crippen molar-refractivity contribution in [3.63, 3.8) is 0 Å². The quantitative estimate of drug-likeness (QED) is 0.744. The molecule has 0 fully saturated rings. The second-order valence-electron chi connectivity index (χ2n) is 4.16. The van der Waals surface area contributed by atoms with Gasteiger partial charge < -0.3 is 5.73 Å². The molecule has 0 saturated carbocycles. The Labute approximate surface area is 109 Å². The highest BCUT2D eigenvalue weighted by Gasteiger charge is 2.21. The maximum atomic E-state index is 13.5. The monoisotopic (exact) mass is 284 g/mol. The predicted octanol–water partition coefficient (Wildman–Crippen LogP) is 1.55. The summed E-state index contributed by atoms with van der Waals surface area (Å²) in [6.07, 6.45) is 1.48. The first-order chi connectivity index (χ1) is 8.81. The molecule has 0 amide bonds. The van der Waals surface area contributed by atoms with E-state index >= 15 is 0 Å². The molecule has 0 aliphatic carbocycles. The zero-order valence-corrected chi connectivity index (χ0v) is 11.2. The minimum atomic E-state index is -3.92. The van der Waals surface area contributed by atoms with Crippen molar-refractivity contribution >= 4 is 21.5 Å². The molecule has 0 bridgehead atoms. The zero-order valence-electron chi connectivity index (χ0n) is 10.4. The highest BCUT2D eigenvalue weighted by atomic mass is 32.2. The van der Waals surface area contributed by atoms with Crippen molar-refractivity contribution in [2.24, 2.45) is 0 Å². The van der Waals surface area contributed by atoms with Crippen LogP contribution in [0.15, 0.2) is 23.2 Å². The molecule has 0 saturated heterocycles. The molecular weight excluding hydrogens is 271 g/mol. The topological polar surface area (TPSA) is 101 Å². The molecule has 8 heteroatoms. The van der Waals surface area contributed by atoms with Gasteiger partial charge in [0.1, 0.15) is 11.6 Å². The number of nitrogen functional groups attached to an aromatic ring is 1. The lowest BCUT2D eigenvalue weighted by atomic mass is 10.2. The number of benzene rings is 1. The van der Waals surface area contributed by atoms with Gasteiger partial charge in [-0.25, -0.2) is 12.8 Å². The first-order valence-corrected chi connectivity index (χ1v) is 6.88. The number of hydrogen-bond acceptors (Lipinski definition) is 4. The minimum absolute atomic E-state index is 0.0128. The van der Waals surface area contributed by atoms with Crippen LogP contribution in [0.25, 0.3) is 0 Å². The summed E-state index contributed by atoms with van der Waals surface area (Å²) >= 11 is 0. The van der Waals surface area contributed by atoms with Crippen LogP contribution in [0.1, 0.15) is 11.1 Å².